The number of quaternary nitrogens is 1. The molecule has 0 saturated heterocycles. The summed E-state index contributed by atoms with van der Waals surface area (Å²) in [6.07, 6.45) is 0. The molecule has 0 aliphatic rings. The van der Waals surface area contributed by atoms with E-state index >= 15 is 0 Å². The van der Waals surface area contributed by atoms with E-state index in [2.05, 4.69) is 54.7 Å². The maximum atomic E-state index is 12.4. The van der Waals surface area contributed by atoms with Crippen LogP contribution in [-0.4, -0.2) is 47.1 Å². The monoisotopic (exact) mass is 410 g/mol. The number of benzene rings is 2. The molecule has 1 aromatic heterocycles. The van der Waals surface area contributed by atoms with E-state index in [0.717, 1.165) is 22.1 Å². The number of nitrogens with zero attached hydrogens (tertiary/aromatic N) is 3. The van der Waals surface area contributed by atoms with E-state index in [-0.39, 0.29) is 11.9 Å². The Kier molecular flexibility index (Phi) is 7.06. The summed E-state index contributed by atoms with van der Waals surface area (Å²) >= 11 is 1.40. The predicted molar refractivity (Wildman–Crippen MR) is 117 cm³/mol. The summed E-state index contributed by atoms with van der Waals surface area (Å²) in [6.45, 7) is 2.65. The van der Waals surface area contributed by atoms with Crippen molar-refractivity contribution in [3.05, 3.63) is 65.7 Å². The van der Waals surface area contributed by atoms with Gasteiger partial charge < -0.3 is 14.8 Å². The smallest absolute Gasteiger partial charge is 0.230 e. The Hall–Kier alpha value is -2.64. The molecule has 0 saturated carbocycles. The van der Waals surface area contributed by atoms with Crippen LogP contribution in [0.2, 0.25) is 0 Å². The predicted octanol–water partition coefficient (Wildman–Crippen LogP) is 1.88. The van der Waals surface area contributed by atoms with Gasteiger partial charge >= 0.3 is 0 Å². The summed E-state index contributed by atoms with van der Waals surface area (Å²) in [5.74, 6) is 1.12. The van der Waals surface area contributed by atoms with Gasteiger partial charge in [0, 0.05) is 18.2 Å². The Morgan fingerprint density at radius 3 is 2.48 bits per heavy atom. The van der Waals surface area contributed by atoms with Crippen LogP contribution in [0.1, 0.15) is 17.2 Å². The Morgan fingerprint density at radius 2 is 1.79 bits per heavy atom. The van der Waals surface area contributed by atoms with Crippen molar-refractivity contribution in [1.29, 1.82) is 0 Å². The Bertz CT molecular complexity index is 955. The van der Waals surface area contributed by atoms with Crippen LogP contribution in [0.15, 0.2) is 59.8 Å². The summed E-state index contributed by atoms with van der Waals surface area (Å²) in [7, 11) is 6.14. The molecule has 1 atom stereocenters. The molecule has 0 fully saturated rings. The summed E-state index contributed by atoms with van der Waals surface area (Å²) in [5.41, 5.74) is 3.42. The first-order chi connectivity index (χ1) is 14.0. The SMILES string of the molecule is Cc1ccccc1-c1nnc(SCC(=O)NC[C@@H](c2ccccc2)[NH+](C)C)n1C. The third-order valence-corrected chi connectivity index (χ3v) is 5.98. The van der Waals surface area contributed by atoms with Crippen molar-refractivity contribution < 1.29 is 9.69 Å². The second kappa shape index (κ2) is 9.71. The summed E-state index contributed by atoms with van der Waals surface area (Å²) in [5, 5.41) is 12.4. The van der Waals surface area contributed by atoms with Gasteiger partial charge in [-0.05, 0) is 12.5 Å². The molecule has 152 valence electrons. The van der Waals surface area contributed by atoms with Crippen molar-refractivity contribution in [3.63, 3.8) is 0 Å². The molecule has 1 heterocycles. The topological polar surface area (TPSA) is 64.2 Å². The molecule has 0 radical (unpaired) electrons. The Morgan fingerprint density at radius 1 is 1.10 bits per heavy atom. The molecule has 2 aromatic carbocycles. The van der Waals surface area contributed by atoms with Gasteiger partial charge in [0.05, 0.1) is 26.4 Å². The van der Waals surface area contributed by atoms with Gasteiger partial charge in [-0.3, -0.25) is 4.79 Å². The quantitative estimate of drug-likeness (QED) is 0.557. The second-order valence-electron chi connectivity index (χ2n) is 7.31. The third kappa shape index (κ3) is 5.25. The van der Waals surface area contributed by atoms with E-state index in [1.54, 1.807) is 0 Å². The zero-order valence-corrected chi connectivity index (χ0v) is 18.2. The lowest BCUT2D eigenvalue weighted by Crippen LogP contribution is -3.07. The number of thioether (sulfide) groups is 1. The zero-order valence-electron chi connectivity index (χ0n) is 17.3. The van der Waals surface area contributed by atoms with Gasteiger partial charge in [0.25, 0.3) is 0 Å². The molecule has 0 spiro atoms. The number of carbonyl (C=O) groups is 1. The average molecular weight is 411 g/mol. The van der Waals surface area contributed by atoms with E-state index < -0.39 is 0 Å². The number of amides is 1. The lowest BCUT2D eigenvalue weighted by Gasteiger charge is -2.22. The summed E-state index contributed by atoms with van der Waals surface area (Å²) in [6, 6.07) is 18.6. The number of aryl methyl sites for hydroxylation is 1. The number of hydrogen-bond acceptors (Lipinski definition) is 4. The lowest BCUT2D eigenvalue weighted by atomic mass is 10.1. The maximum Gasteiger partial charge on any atom is 0.230 e. The van der Waals surface area contributed by atoms with Crippen molar-refractivity contribution in [2.75, 3.05) is 26.4 Å². The molecule has 3 rings (SSSR count). The number of carbonyl (C=O) groups excluding carboxylic acids is 1. The number of likely N-dealkylation sites (N-methyl/N-ethyl adjacent to an activating group) is 1. The van der Waals surface area contributed by atoms with E-state index in [1.807, 2.05) is 48.0 Å². The summed E-state index contributed by atoms with van der Waals surface area (Å²) in [4.78, 5) is 13.7. The van der Waals surface area contributed by atoms with Crippen LogP contribution in [0.5, 0.6) is 0 Å². The molecule has 0 aliphatic carbocycles. The van der Waals surface area contributed by atoms with Gasteiger partial charge in [0.1, 0.15) is 6.04 Å². The van der Waals surface area contributed by atoms with Gasteiger partial charge in [-0.1, -0.05) is 66.4 Å². The molecule has 0 bridgehead atoms. The van der Waals surface area contributed by atoms with Crippen LogP contribution in [0.25, 0.3) is 11.4 Å². The molecule has 2 N–H and O–H groups in total. The molecule has 6 nitrogen and oxygen atoms in total. The highest BCUT2D eigenvalue weighted by Gasteiger charge is 2.19. The van der Waals surface area contributed by atoms with Crippen molar-refractivity contribution in [3.8, 4) is 11.4 Å². The maximum absolute atomic E-state index is 12.4. The minimum absolute atomic E-state index is 0.00220. The Balaban J connectivity index is 1.58. The highest BCUT2D eigenvalue weighted by atomic mass is 32.2. The van der Waals surface area contributed by atoms with Crippen LogP contribution in [0, 0.1) is 6.92 Å². The highest BCUT2D eigenvalue weighted by Crippen LogP contribution is 2.24. The van der Waals surface area contributed by atoms with E-state index in [4.69, 9.17) is 0 Å². The van der Waals surface area contributed by atoms with E-state index in [0.29, 0.717) is 12.3 Å². The van der Waals surface area contributed by atoms with Crippen molar-refractivity contribution in [2.24, 2.45) is 7.05 Å². The fourth-order valence-electron chi connectivity index (χ4n) is 3.24. The summed E-state index contributed by atoms with van der Waals surface area (Å²) < 4.78 is 1.94. The Labute approximate surface area is 176 Å². The van der Waals surface area contributed by atoms with Gasteiger partial charge in [0.2, 0.25) is 5.91 Å². The van der Waals surface area contributed by atoms with Gasteiger partial charge in [-0.15, -0.1) is 10.2 Å². The fraction of sp³-hybridized carbons (Fsp3) is 0.318. The average Bonchev–Trinajstić information content (AvgIpc) is 3.08. The number of rotatable bonds is 8. The molecule has 29 heavy (non-hydrogen) atoms. The van der Waals surface area contributed by atoms with Crippen molar-refractivity contribution in [2.45, 2.75) is 18.1 Å². The van der Waals surface area contributed by atoms with Gasteiger partial charge in [-0.25, -0.2) is 0 Å². The normalized spacial score (nSPS) is 12.2. The van der Waals surface area contributed by atoms with Crippen molar-refractivity contribution >= 4 is 17.7 Å². The first-order valence-corrected chi connectivity index (χ1v) is 10.7. The minimum atomic E-state index is -0.00220. The second-order valence-corrected chi connectivity index (χ2v) is 8.26. The lowest BCUT2D eigenvalue weighted by molar-refractivity contribution is -0.890. The van der Waals surface area contributed by atoms with E-state index in [1.165, 1.54) is 22.2 Å². The molecular formula is C22H28N5OS+. The molecule has 0 aliphatic heterocycles. The van der Waals surface area contributed by atoms with Gasteiger partial charge in [-0.2, -0.15) is 0 Å². The molecule has 3 aromatic rings. The molecule has 7 heteroatoms. The van der Waals surface area contributed by atoms with Crippen LogP contribution in [-0.2, 0) is 11.8 Å². The first kappa shape index (κ1) is 21.1. The van der Waals surface area contributed by atoms with Gasteiger partial charge in [0.15, 0.2) is 11.0 Å². The van der Waals surface area contributed by atoms with Crippen LogP contribution in [0.4, 0.5) is 0 Å². The van der Waals surface area contributed by atoms with Crippen LogP contribution >= 0.6 is 11.8 Å². The molecule has 1 amide bonds. The molecular weight excluding hydrogens is 382 g/mol. The van der Waals surface area contributed by atoms with Crippen molar-refractivity contribution in [1.82, 2.24) is 20.1 Å². The first-order valence-electron chi connectivity index (χ1n) is 9.67. The molecule has 0 unspecified atom stereocenters. The third-order valence-electron chi connectivity index (χ3n) is 4.96. The number of aromatic nitrogens is 3. The minimum Gasteiger partial charge on any atom is -0.349 e. The fourth-order valence-corrected chi connectivity index (χ4v) is 3.98. The van der Waals surface area contributed by atoms with E-state index in [9.17, 15) is 4.79 Å². The van der Waals surface area contributed by atoms with Crippen LogP contribution < -0.4 is 10.2 Å². The zero-order chi connectivity index (χ0) is 20.8. The largest absolute Gasteiger partial charge is 0.349 e. The number of hydrogen-bond donors (Lipinski definition) is 2. The number of nitrogens with one attached hydrogen (secondary N) is 2. The standard InChI is InChI=1S/C22H27N5OS/c1-16-10-8-9-13-18(16)21-24-25-22(27(21)4)29-15-20(28)23-14-19(26(2)3)17-11-6-5-7-12-17/h5-13,19H,14-15H2,1-4H3,(H,23,28)/p+1/t19-/m0/s1. The van der Waals surface area contributed by atoms with Crippen LogP contribution in [0.3, 0.4) is 0 Å². The highest BCUT2D eigenvalue weighted by molar-refractivity contribution is 7.99.